The standard InChI is InChI=1S/C21H29ClN4O2/c1-8-28-19(27)15-14-11-23-26(12(2)3)18(14)24-17(16(15)22)13-9-20(4,5)25-21(6,7)10-13/h9,11-12,25H,8,10H2,1-7H3. The number of carbonyl (C=O) groups is 1. The molecule has 0 amide bonds. The molecule has 152 valence electrons. The quantitative estimate of drug-likeness (QED) is 0.743. The molecule has 0 aliphatic carbocycles. The largest absolute Gasteiger partial charge is 0.462 e. The molecule has 0 saturated carbocycles. The molecule has 2 aromatic heterocycles. The van der Waals surface area contributed by atoms with E-state index in [1.165, 1.54) is 0 Å². The van der Waals surface area contributed by atoms with Crippen molar-refractivity contribution in [2.75, 3.05) is 6.61 Å². The van der Waals surface area contributed by atoms with Crippen molar-refractivity contribution in [3.05, 3.63) is 28.6 Å². The van der Waals surface area contributed by atoms with Gasteiger partial charge in [0.2, 0.25) is 0 Å². The van der Waals surface area contributed by atoms with Gasteiger partial charge in [-0.3, -0.25) is 0 Å². The zero-order chi connectivity index (χ0) is 20.9. The Balaban J connectivity index is 2.31. The molecule has 2 aromatic rings. The lowest BCUT2D eigenvalue weighted by Crippen LogP contribution is -2.53. The second kappa shape index (κ2) is 7.16. The summed E-state index contributed by atoms with van der Waals surface area (Å²) in [5, 5.41) is 9.00. The smallest absolute Gasteiger partial charge is 0.340 e. The third-order valence-corrected chi connectivity index (χ3v) is 5.15. The summed E-state index contributed by atoms with van der Waals surface area (Å²) in [7, 11) is 0. The maximum absolute atomic E-state index is 12.7. The number of esters is 1. The number of halogens is 1. The third kappa shape index (κ3) is 3.80. The molecule has 6 nitrogen and oxygen atoms in total. The van der Waals surface area contributed by atoms with Crippen LogP contribution in [0.1, 0.15) is 77.0 Å². The van der Waals surface area contributed by atoms with Gasteiger partial charge < -0.3 is 10.1 Å². The van der Waals surface area contributed by atoms with Crippen LogP contribution in [0.25, 0.3) is 16.6 Å². The van der Waals surface area contributed by atoms with Crippen molar-refractivity contribution in [2.24, 2.45) is 0 Å². The van der Waals surface area contributed by atoms with Crippen LogP contribution in [-0.2, 0) is 4.74 Å². The summed E-state index contributed by atoms with van der Waals surface area (Å²) in [6.07, 6.45) is 4.53. The maximum atomic E-state index is 12.7. The number of ether oxygens (including phenoxy) is 1. The van der Waals surface area contributed by atoms with E-state index in [0.717, 1.165) is 12.0 Å². The maximum Gasteiger partial charge on any atom is 0.340 e. The van der Waals surface area contributed by atoms with Crippen LogP contribution < -0.4 is 5.32 Å². The zero-order valence-electron chi connectivity index (χ0n) is 17.7. The van der Waals surface area contributed by atoms with E-state index in [1.807, 2.05) is 18.5 Å². The van der Waals surface area contributed by atoms with Crippen molar-refractivity contribution < 1.29 is 9.53 Å². The summed E-state index contributed by atoms with van der Waals surface area (Å²) >= 11 is 6.77. The van der Waals surface area contributed by atoms with Crippen molar-refractivity contribution >= 4 is 34.2 Å². The molecule has 1 aliphatic heterocycles. The van der Waals surface area contributed by atoms with E-state index in [4.69, 9.17) is 21.3 Å². The van der Waals surface area contributed by atoms with Crippen molar-refractivity contribution in [2.45, 2.75) is 72.0 Å². The molecular formula is C21H29ClN4O2. The molecule has 0 fully saturated rings. The first-order valence-corrected chi connectivity index (χ1v) is 10.1. The highest BCUT2D eigenvalue weighted by Gasteiger charge is 2.35. The summed E-state index contributed by atoms with van der Waals surface area (Å²) in [4.78, 5) is 17.6. The number of carbonyl (C=O) groups excluding carboxylic acids is 1. The van der Waals surface area contributed by atoms with E-state index >= 15 is 0 Å². The first-order chi connectivity index (χ1) is 13.0. The predicted molar refractivity (Wildman–Crippen MR) is 113 cm³/mol. The van der Waals surface area contributed by atoms with E-state index in [1.54, 1.807) is 13.1 Å². The summed E-state index contributed by atoms with van der Waals surface area (Å²) in [6, 6.07) is 0.101. The topological polar surface area (TPSA) is 69.0 Å². The Kier molecular flexibility index (Phi) is 5.32. The second-order valence-electron chi connectivity index (χ2n) is 8.87. The Labute approximate surface area is 171 Å². The van der Waals surface area contributed by atoms with Gasteiger partial charge in [0.05, 0.1) is 34.5 Å². The molecule has 3 heterocycles. The monoisotopic (exact) mass is 404 g/mol. The lowest BCUT2D eigenvalue weighted by molar-refractivity contribution is 0.0528. The molecule has 0 saturated heterocycles. The molecule has 3 rings (SSSR count). The Morgan fingerprint density at radius 2 is 2.04 bits per heavy atom. The summed E-state index contributed by atoms with van der Waals surface area (Å²) in [5.74, 6) is -0.447. The molecule has 0 bridgehead atoms. The van der Waals surface area contributed by atoms with Crippen molar-refractivity contribution in [1.29, 1.82) is 0 Å². The van der Waals surface area contributed by atoms with Crippen LogP contribution in [0.4, 0.5) is 0 Å². The van der Waals surface area contributed by atoms with Crippen LogP contribution in [0.2, 0.25) is 5.02 Å². The minimum Gasteiger partial charge on any atom is -0.462 e. The fraction of sp³-hybridized carbons (Fsp3) is 0.571. The minimum atomic E-state index is -0.447. The number of nitrogens with one attached hydrogen (secondary N) is 1. The number of fused-ring (bicyclic) bond motifs is 1. The molecular weight excluding hydrogens is 376 g/mol. The molecule has 0 atom stereocenters. The Bertz CT molecular complexity index is 957. The SMILES string of the molecule is CCOC(=O)c1c(Cl)c(C2=CC(C)(C)NC(C)(C)C2)nc2c1cnn2C(C)C. The number of hydrogen-bond acceptors (Lipinski definition) is 5. The average Bonchev–Trinajstić information content (AvgIpc) is 2.94. The molecule has 1 N–H and O–H groups in total. The van der Waals surface area contributed by atoms with Crippen LogP contribution in [0.15, 0.2) is 12.3 Å². The van der Waals surface area contributed by atoms with Crippen LogP contribution in [0.5, 0.6) is 0 Å². The highest BCUT2D eigenvalue weighted by molar-refractivity contribution is 6.36. The lowest BCUT2D eigenvalue weighted by atomic mass is 9.82. The molecule has 1 aliphatic rings. The first-order valence-electron chi connectivity index (χ1n) is 9.71. The predicted octanol–water partition coefficient (Wildman–Crippen LogP) is 4.78. The first kappa shape index (κ1) is 20.8. The van der Waals surface area contributed by atoms with E-state index < -0.39 is 5.97 Å². The Morgan fingerprint density at radius 3 is 2.61 bits per heavy atom. The fourth-order valence-corrected chi connectivity index (χ4v) is 4.44. The van der Waals surface area contributed by atoms with Gasteiger partial charge >= 0.3 is 5.97 Å². The molecule has 0 radical (unpaired) electrons. The molecule has 7 heteroatoms. The van der Waals surface area contributed by atoms with Crippen molar-refractivity contribution in [1.82, 2.24) is 20.1 Å². The van der Waals surface area contributed by atoms with Crippen molar-refractivity contribution in [3.63, 3.8) is 0 Å². The number of nitrogens with zero attached hydrogens (tertiary/aromatic N) is 3. The summed E-state index contributed by atoms with van der Waals surface area (Å²) in [5.41, 5.74) is 2.28. The Hall–Kier alpha value is -1.92. The van der Waals surface area contributed by atoms with Crippen molar-refractivity contribution in [3.8, 4) is 0 Å². The highest BCUT2D eigenvalue weighted by atomic mass is 35.5. The van der Waals surface area contributed by atoms with Gasteiger partial charge in [0.1, 0.15) is 0 Å². The van der Waals surface area contributed by atoms with Crippen LogP contribution in [0, 0.1) is 0 Å². The highest BCUT2D eigenvalue weighted by Crippen LogP contribution is 2.39. The minimum absolute atomic E-state index is 0.101. The molecule has 0 spiro atoms. The van der Waals surface area contributed by atoms with Gasteiger partial charge in [-0.05, 0) is 60.5 Å². The van der Waals surface area contributed by atoms with Crippen LogP contribution in [0.3, 0.4) is 0 Å². The molecule has 0 unspecified atom stereocenters. The van der Waals surface area contributed by atoms with Gasteiger partial charge in [-0.2, -0.15) is 5.10 Å². The van der Waals surface area contributed by atoms with E-state index in [9.17, 15) is 4.79 Å². The van der Waals surface area contributed by atoms with Gasteiger partial charge in [0.15, 0.2) is 5.65 Å². The normalized spacial score (nSPS) is 18.4. The van der Waals surface area contributed by atoms with Gasteiger partial charge in [0.25, 0.3) is 0 Å². The number of rotatable bonds is 4. The third-order valence-electron chi connectivity index (χ3n) is 4.78. The van der Waals surface area contributed by atoms with Gasteiger partial charge in [-0.1, -0.05) is 17.7 Å². The van der Waals surface area contributed by atoms with Crippen LogP contribution in [-0.4, -0.2) is 38.4 Å². The average molecular weight is 405 g/mol. The van der Waals surface area contributed by atoms with E-state index in [0.29, 0.717) is 27.3 Å². The number of aromatic nitrogens is 3. The van der Waals surface area contributed by atoms with E-state index in [2.05, 4.69) is 44.2 Å². The lowest BCUT2D eigenvalue weighted by Gasteiger charge is -2.41. The van der Waals surface area contributed by atoms with Gasteiger partial charge in [-0.25, -0.2) is 14.5 Å². The molecule has 0 aromatic carbocycles. The van der Waals surface area contributed by atoms with Crippen LogP contribution >= 0.6 is 11.6 Å². The van der Waals surface area contributed by atoms with Gasteiger partial charge in [-0.15, -0.1) is 0 Å². The van der Waals surface area contributed by atoms with E-state index in [-0.39, 0.29) is 23.7 Å². The number of hydrogen-bond donors (Lipinski definition) is 1. The number of pyridine rings is 1. The molecule has 28 heavy (non-hydrogen) atoms. The van der Waals surface area contributed by atoms with Gasteiger partial charge in [0, 0.05) is 17.1 Å². The summed E-state index contributed by atoms with van der Waals surface area (Å²) in [6.45, 7) is 14.7. The second-order valence-corrected chi connectivity index (χ2v) is 9.24. The Morgan fingerprint density at radius 1 is 1.36 bits per heavy atom. The fourth-order valence-electron chi connectivity index (χ4n) is 4.10. The zero-order valence-corrected chi connectivity index (χ0v) is 18.4. The summed E-state index contributed by atoms with van der Waals surface area (Å²) < 4.78 is 7.11.